The highest BCUT2D eigenvalue weighted by atomic mass is 127. The normalized spacial score (nSPS) is 38.6. The van der Waals surface area contributed by atoms with Crippen LogP contribution in [0.15, 0.2) is 0 Å². The molecule has 2 aliphatic rings. The quantitative estimate of drug-likeness (QED) is 0.571. The maximum absolute atomic E-state index is 12.0. The molecule has 2 atom stereocenters. The standard InChI is InChI=1S/C10H15IO3S/c1-9(2)7-3-4-10(9,8(12)5-7)6-15(11,13)14/h7H,3-6H2,1-2H3. The van der Waals surface area contributed by atoms with Gasteiger partial charge in [-0.25, -0.2) is 8.42 Å². The molecule has 0 radical (unpaired) electrons. The van der Waals surface area contributed by atoms with Gasteiger partial charge in [0.2, 0.25) is 7.01 Å². The molecule has 0 heterocycles. The van der Waals surface area contributed by atoms with Crippen LogP contribution in [0.4, 0.5) is 0 Å². The highest BCUT2D eigenvalue weighted by Gasteiger charge is 2.65. The fourth-order valence-electron chi connectivity index (χ4n) is 3.40. The molecule has 0 saturated heterocycles. The minimum Gasteiger partial charge on any atom is -0.299 e. The predicted molar refractivity (Wildman–Crippen MR) is 66.4 cm³/mol. The smallest absolute Gasteiger partial charge is 0.204 e. The summed E-state index contributed by atoms with van der Waals surface area (Å²) in [5, 5.41) is 0. The Labute approximate surface area is 103 Å². The van der Waals surface area contributed by atoms with E-state index in [1.165, 1.54) is 21.2 Å². The van der Waals surface area contributed by atoms with Crippen LogP contribution in [-0.4, -0.2) is 20.0 Å². The van der Waals surface area contributed by atoms with E-state index in [4.69, 9.17) is 0 Å². The zero-order chi connectivity index (χ0) is 11.5. The number of carbonyl (C=O) groups excluding carboxylic acids is 1. The van der Waals surface area contributed by atoms with Crippen LogP contribution in [0.3, 0.4) is 0 Å². The van der Waals surface area contributed by atoms with Crippen molar-refractivity contribution in [1.82, 2.24) is 0 Å². The molecule has 0 aromatic heterocycles. The number of hydrogen-bond acceptors (Lipinski definition) is 3. The average Bonchev–Trinajstić information content (AvgIpc) is 2.34. The Morgan fingerprint density at radius 3 is 2.40 bits per heavy atom. The van der Waals surface area contributed by atoms with Gasteiger partial charge in [0.05, 0.1) is 27.0 Å². The van der Waals surface area contributed by atoms with Gasteiger partial charge in [0.25, 0.3) is 0 Å². The van der Waals surface area contributed by atoms with Gasteiger partial charge in [-0.15, -0.1) is 0 Å². The Hall–Kier alpha value is 0.350. The maximum atomic E-state index is 12.0. The first-order chi connectivity index (χ1) is 6.69. The number of ketones is 1. The van der Waals surface area contributed by atoms with Gasteiger partial charge >= 0.3 is 0 Å². The lowest BCUT2D eigenvalue weighted by Crippen LogP contribution is -2.41. The molecule has 0 spiro atoms. The number of Topliss-reactive ketones (excluding diaryl/α,β-unsaturated/α-hetero) is 1. The van der Waals surface area contributed by atoms with Crippen LogP contribution in [0.1, 0.15) is 33.1 Å². The fraction of sp³-hybridized carbons (Fsp3) is 0.900. The van der Waals surface area contributed by atoms with E-state index in [1.807, 2.05) is 0 Å². The van der Waals surface area contributed by atoms with Crippen molar-refractivity contribution in [3.8, 4) is 0 Å². The molecule has 2 saturated carbocycles. The molecule has 0 N–H and O–H groups in total. The third kappa shape index (κ3) is 1.57. The van der Waals surface area contributed by atoms with Crippen LogP contribution in [0.5, 0.6) is 0 Å². The molecular weight excluding hydrogens is 327 g/mol. The van der Waals surface area contributed by atoms with Crippen LogP contribution in [0.25, 0.3) is 0 Å². The summed E-state index contributed by atoms with van der Waals surface area (Å²) in [6.07, 6.45) is 2.34. The van der Waals surface area contributed by atoms with Gasteiger partial charge in [0.15, 0.2) is 0 Å². The Kier molecular flexibility index (Phi) is 2.51. The molecule has 15 heavy (non-hydrogen) atoms. The second-order valence-electron chi connectivity index (χ2n) is 5.35. The molecule has 2 bridgehead atoms. The van der Waals surface area contributed by atoms with Gasteiger partial charge in [0.1, 0.15) is 5.78 Å². The van der Waals surface area contributed by atoms with Crippen molar-refractivity contribution in [3.05, 3.63) is 0 Å². The number of hydrogen-bond donors (Lipinski definition) is 0. The Bertz CT molecular complexity index is 412. The van der Waals surface area contributed by atoms with Gasteiger partial charge in [-0.2, -0.15) is 0 Å². The van der Waals surface area contributed by atoms with Crippen LogP contribution >= 0.6 is 21.2 Å². The molecule has 0 aromatic carbocycles. The van der Waals surface area contributed by atoms with E-state index in [9.17, 15) is 13.2 Å². The van der Waals surface area contributed by atoms with Gasteiger partial charge in [-0.05, 0) is 24.2 Å². The van der Waals surface area contributed by atoms with Crippen molar-refractivity contribution >= 4 is 34.0 Å². The predicted octanol–water partition coefficient (Wildman–Crippen LogP) is 2.15. The third-order valence-corrected chi connectivity index (χ3v) is 6.33. The van der Waals surface area contributed by atoms with E-state index in [0.29, 0.717) is 12.3 Å². The second-order valence-corrected chi connectivity index (χ2v) is 10.7. The fourth-order valence-corrected chi connectivity index (χ4v) is 6.26. The van der Waals surface area contributed by atoms with E-state index >= 15 is 0 Å². The van der Waals surface area contributed by atoms with Crippen molar-refractivity contribution < 1.29 is 13.2 Å². The lowest BCUT2D eigenvalue weighted by atomic mass is 9.70. The summed E-state index contributed by atoms with van der Waals surface area (Å²) in [5.74, 6) is 0.593. The van der Waals surface area contributed by atoms with Crippen LogP contribution in [0.2, 0.25) is 0 Å². The molecular formula is C10H15IO3S. The van der Waals surface area contributed by atoms with Crippen molar-refractivity contribution in [2.24, 2.45) is 16.7 Å². The monoisotopic (exact) mass is 342 g/mol. The summed E-state index contributed by atoms with van der Waals surface area (Å²) in [5.41, 5.74) is -0.722. The lowest BCUT2D eigenvalue weighted by molar-refractivity contribution is -0.127. The van der Waals surface area contributed by atoms with Crippen LogP contribution in [-0.2, 0) is 11.8 Å². The van der Waals surface area contributed by atoms with Gasteiger partial charge in [0, 0.05) is 11.8 Å². The van der Waals surface area contributed by atoms with Crippen molar-refractivity contribution in [2.75, 3.05) is 5.75 Å². The largest absolute Gasteiger partial charge is 0.299 e. The molecule has 2 rings (SSSR count). The van der Waals surface area contributed by atoms with E-state index in [0.717, 1.165) is 12.8 Å². The lowest BCUT2D eigenvalue weighted by Gasteiger charge is -2.35. The Morgan fingerprint density at radius 1 is 1.47 bits per heavy atom. The summed E-state index contributed by atoms with van der Waals surface area (Å²) < 4.78 is 22.9. The average molecular weight is 342 g/mol. The molecule has 2 unspecified atom stereocenters. The van der Waals surface area contributed by atoms with Crippen LogP contribution < -0.4 is 0 Å². The highest BCUT2D eigenvalue weighted by Crippen LogP contribution is 2.64. The van der Waals surface area contributed by atoms with Gasteiger partial charge in [-0.3, -0.25) is 4.79 Å². The van der Waals surface area contributed by atoms with Gasteiger partial charge < -0.3 is 0 Å². The van der Waals surface area contributed by atoms with Crippen LogP contribution in [0, 0.1) is 16.7 Å². The molecule has 2 aliphatic carbocycles. The summed E-state index contributed by atoms with van der Waals surface area (Å²) in [6, 6.07) is 0. The van der Waals surface area contributed by atoms with E-state index in [2.05, 4.69) is 13.8 Å². The summed E-state index contributed by atoms with van der Waals surface area (Å²) >= 11 is 1.46. The second kappa shape index (κ2) is 3.18. The minimum atomic E-state index is -3.11. The first-order valence-electron chi connectivity index (χ1n) is 5.15. The summed E-state index contributed by atoms with van der Waals surface area (Å²) in [7, 11) is -3.11. The first-order valence-corrected chi connectivity index (χ1v) is 9.34. The SMILES string of the molecule is CC1(C)C2CCC1(CS(=O)(=O)I)C(=O)C2. The summed E-state index contributed by atoms with van der Waals surface area (Å²) in [6.45, 7) is 4.11. The zero-order valence-electron chi connectivity index (χ0n) is 8.92. The summed E-state index contributed by atoms with van der Waals surface area (Å²) in [4.78, 5) is 12.0. The molecule has 0 amide bonds. The maximum Gasteiger partial charge on any atom is 0.204 e. The van der Waals surface area contributed by atoms with Crippen molar-refractivity contribution in [2.45, 2.75) is 33.1 Å². The third-order valence-electron chi connectivity index (χ3n) is 4.56. The molecule has 0 aliphatic heterocycles. The number of halogens is 1. The zero-order valence-corrected chi connectivity index (χ0v) is 11.9. The molecule has 3 nitrogen and oxygen atoms in total. The Balaban J connectivity index is 2.45. The molecule has 86 valence electrons. The number of rotatable bonds is 2. The molecule has 5 heteroatoms. The highest BCUT2D eigenvalue weighted by molar-refractivity contribution is 14.2. The van der Waals surface area contributed by atoms with Crippen molar-refractivity contribution in [1.29, 1.82) is 0 Å². The first kappa shape index (κ1) is 11.8. The van der Waals surface area contributed by atoms with Crippen molar-refractivity contribution in [3.63, 3.8) is 0 Å². The number of fused-ring (bicyclic) bond motifs is 2. The topological polar surface area (TPSA) is 51.2 Å². The minimum absolute atomic E-state index is 0.0306. The van der Waals surface area contributed by atoms with E-state index in [1.54, 1.807) is 0 Å². The molecule has 2 fully saturated rings. The van der Waals surface area contributed by atoms with E-state index in [-0.39, 0.29) is 17.0 Å². The van der Waals surface area contributed by atoms with Gasteiger partial charge in [-0.1, -0.05) is 13.8 Å². The molecule has 0 aromatic rings. The van der Waals surface area contributed by atoms with E-state index < -0.39 is 12.4 Å². The Morgan fingerprint density at radius 2 is 2.07 bits per heavy atom. The number of carbonyl (C=O) groups is 1.